The van der Waals surface area contributed by atoms with Gasteiger partial charge in [-0.3, -0.25) is 9.59 Å². The zero-order valence-corrected chi connectivity index (χ0v) is 17.1. The molecule has 1 aliphatic heterocycles. The maximum Gasteiger partial charge on any atom is 0.227 e. The number of anilines is 1. The van der Waals surface area contributed by atoms with Crippen molar-refractivity contribution in [3.8, 4) is 11.3 Å². The highest BCUT2D eigenvalue weighted by atomic mass is 16.2. The van der Waals surface area contributed by atoms with E-state index in [1.54, 1.807) is 4.90 Å². The Labute approximate surface area is 176 Å². The first-order valence-electron chi connectivity index (χ1n) is 10.0. The molecule has 2 aromatic carbocycles. The number of nitrogens with zero attached hydrogens (tertiary/aromatic N) is 3. The van der Waals surface area contributed by atoms with Gasteiger partial charge in [-0.2, -0.15) is 0 Å². The van der Waals surface area contributed by atoms with Crippen molar-refractivity contribution in [1.29, 1.82) is 0 Å². The Balaban J connectivity index is 1.39. The fourth-order valence-corrected chi connectivity index (χ4v) is 3.61. The second-order valence-corrected chi connectivity index (χ2v) is 7.65. The highest BCUT2D eigenvalue weighted by Gasteiger charge is 2.35. The van der Waals surface area contributed by atoms with Crippen molar-refractivity contribution in [2.75, 3.05) is 11.4 Å². The molecule has 1 aliphatic rings. The molecular formula is C24H24N4O2. The van der Waals surface area contributed by atoms with Crippen LogP contribution in [0.3, 0.4) is 0 Å². The van der Waals surface area contributed by atoms with E-state index < -0.39 is 0 Å². The van der Waals surface area contributed by atoms with Crippen LogP contribution in [0.4, 0.5) is 5.69 Å². The molecule has 1 saturated heterocycles. The van der Waals surface area contributed by atoms with Gasteiger partial charge in [-0.1, -0.05) is 36.4 Å². The predicted molar refractivity (Wildman–Crippen MR) is 116 cm³/mol. The average Bonchev–Trinajstić information content (AvgIpc) is 3.16. The SMILES string of the molecule is Cc1ccc(N2CC(C(=O)NCc3cc(-c4ccccc4)ncn3)CC2=O)cc1C. The first-order chi connectivity index (χ1) is 14.5. The van der Waals surface area contributed by atoms with Crippen molar-refractivity contribution in [2.24, 2.45) is 5.92 Å². The zero-order chi connectivity index (χ0) is 21.1. The summed E-state index contributed by atoms with van der Waals surface area (Å²) < 4.78 is 0. The maximum atomic E-state index is 12.7. The van der Waals surface area contributed by atoms with Crippen molar-refractivity contribution < 1.29 is 9.59 Å². The highest BCUT2D eigenvalue weighted by molar-refractivity contribution is 6.00. The van der Waals surface area contributed by atoms with E-state index in [4.69, 9.17) is 0 Å². The summed E-state index contributed by atoms with van der Waals surface area (Å²) in [4.78, 5) is 35.4. The van der Waals surface area contributed by atoms with Crippen LogP contribution in [0.15, 0.2) is 60.9 Å². The van der Waals surface area contributed by atoms with Gasteiger partial charge in [-0.15, -0.1) is 0 Å². The third-order valence-electron chi connectivity index (χ3n) is 5.53. The van der Waals surface area contributed by atoms with E-state index in [9.17, 15) is 9.59 Å². The van der Waals surface area contributed by atoms with E-state index in [1.807, 2.05) is 68.4 Å². The van der Waals surface area contributed by atoms with E-state index in [2.05, 4.69) is 15.3 Å². The van der Waals surface area contributed by atoms with Crippen LogP contribution in [-0.2, 0) is 16.1 Å². The number of rotatable bonds is 5. The fraction of sp³-hybridized carbons (Fsp3) is 0.250. The summed E-state index contributed by atoms with van der Waals surface area (Å²) in [6, 6.07) is 17.6. The van der Waals surface area contributed by atoms with Crippen molar-refractivity contribution in [2.45, 2.75) is 26.8 Å². The second kappa shape index (κ2) is 8.45. The number of aryl methyl sites for hydroxylation is 2. The summed E-state index contributed by atoms with van der Waals surface area (Å²) in [6.45, 7) is 4.76. The lowest BCUT2D eigenvalue weighted by Crippen LogP contribution is -2.32. The molecule has 1 unspecified atom stereocenters. The van der Waals surface area contributed by atoms with Gasteiger partial charge in [0.1, 0.15) is 6.33 Å². The van der Waals surface area contributed by atoms with Crippen molar-refractivity contribution >= 4 is 17.5 Å². The lowest BCUT2D eigenvalue weighted by molar-refractivity contribution is -0.126. The Kier molecular flexibility index (Phi) is 5.57. The number of aromatic nitrogens is 2. The van der Waals surface area contributed by atoms with Crippen molar-refractivity contribution in [1.82, 2.24) is 15.3 Å². The van der Waals surface area contributed by atoms with E-state index in [1.165, 1.54) is 11.9 Å². The third-order valence-corrected chi connectivity index (χ3v) is 5.53. The Morgan fingerprint density at radius 3 is 2.63 bits per heavy atom. The molecule has 1 fully saturated rings. The van der Waals surface area contributed by atoms with Crippen LogP contribution >= 0.6 is 0 Å². The van der Waals surface area contributed by atoms with Crippen LogP contribution < -0.4 is 10.2 Å². The van der Waals surface area contributed by atoms with Gasteiger partial charge >= 0.3 is 0 Å². The van der Waals surface area contributed by atoms with Gasteiger partial charge in [0.2, 0.25) is 11.8 Å². The minimum atomic E-state index is -0.366. The standard InChI is InChI=1S/C24H24N4O2/c1-16-8-9-21(10-17(16)2)28-14-19(11-23(28)29)24(30)25-13-20-12-22(27-15-26-20)18-6-4-3-5-7-18/h3-10,12,15,19H,11,13-14H2,1-2H3,(H,25,30). The van der Waals surface area contributed by atoms with Crippen LogP contribution in [0.25, 0.3) is 11.3 Å². The summed E-state index contributed by atoms with van der Waals surface area (Å²) in [7, 11) is 0. The molecule has 0 saturated carbocycles. The average molecular weight is 400 g/mol. The fourth-order valence-electron chi connectivity index (χ4n) is 3.61. The Hall–Kier alpha value is -3.54. The van der Waals surface area contributed by atoms with Gasteiger partial charge < -0.3 is 10.2 Å². The Morgan fingerprint density at radius 2 is 1.87 bits per heavy atom. The minimum absolute atomic E-state index is 0.0215. The lowest BCUT2D eigenvalue weighted by Gasteiger charge is -2.18. The second-order valence-electron chi connectivity index (χ2n) is 7.65. The van der Waals surface area contributed by atoms with Gasteiger partial charge in [-0.25, -0.2) is 9.97 Å². The lowest BCUT2D eigenvalue weighted by atomic mass is 10.1. The number of amides is 2. The maximum absolute atomic E-state index is 12.7. The summed E-state index contributed by atoms with van der Waals surface area (Å²) in [5.41, 5.74) is 5.70. The summed E-state index contributed by atoms with van der Waals surface area (Å²) in [5.74, 6) is -0.518. The highest BCUT2D eigenvalue weighted by Crippen LogP contribution is 2.27. The number of carbonyl (C=O) groups is 2. The van der Waals surface area contributed by atoms with Crippen LogP contribution in [0.2, 0.25) is 0 Å². The van der Waals surface area contributed by atoms with Crippen LogP contribution in [-0.4, -0.2) is 28.3 Å². The molecule has 1 aromatic heterocycles. The molecule has 6 heteroatoms. The van der Waals surface area contributed by atoms with Gasteiger partial charge in [0.25, 0.3) is 0 Å². The molecule has 4 rings (SSSR count). The topological polar surface area (TPSA) is 75.2 Å². The van der Waals surface area contributed by atoms with Crippen LogP contribution in [0, 0.1) is 19.8 Å². The number of carbonyl (C=O) groups excluding carboxylic acids is 2. The van der Waals surface area contributed by atoms with E-state index >= 15 is 0 Å². The third kappa shape index (κ3) is 4.22. The Morgan fingerprint density at radius 1 is 1.07 bits per heavy atom. The number of hydrogen-bond donors (Lipinski definition) is 1. The smallest absolute Gasteiger partial charge is 0.227 e. The van der Waals surface area contributed by atoms with E-state index in [-0.39, 0.29) is 24.2 Å². The molecule has 2 heterocycles. The molecular weight excluding hydrogens is 376 g/mol. The molecule has 1 N–H and O–H groups in total. The number of hydrogen-bond acceptors (Lipinski definition) is 4. The first-order valence-corrected chi connectivity index (χ1v) is 10.0. The van der Waals surface area contributed by atoms with E-state index in [0.29, 0.717) is 13.1 Å². The van der Waals surface area contributed by atoms with Crippen molar-refractivity contribution in [3.05, 3.63) is 77.7 Å². The number of nitrogens with one attached hydrogen (secondary N) is 1. The van der Waals surface area contributed by atoms with Gasteiger partial charge in [0.15, 0.2) is 0 Å². The predicted octanol–water partition coefficient (Wildman–Crippen LogP) is 3.43. The quantitative estimate of drug-likeness (QED) is 0.712. The summed E-state index contributed by atoms with van der Waals surface area (Å²) in [5, 5.41) is 2.92. The molecule has 1 atom stereocenters. The van der Waals surface area contributed by atoms with Crippen LogP contribution in [0.1, 0.15) is 23.2 Å². The number of benzene rings is 2. The molecule has 0 radical (unpaired) electrons. The minimum Gasteiger partial charge on any atom is -0.350 e. The monoisotopic (exact) mass is 400 g/mol. The Bertz CT molecular complexity index is 1080. The first kappa shape index (κ1) is 19.8. The molecule has 152 valence electrons. The molecule has 0 bridgehead atoms. The molecule has 6 nitrogen and oxygen atoms in total. The van der Waals surface area contributed by atoms with Gasteiger partial charge in [-0.05, 0) is 43.2 Å². The van der Waals surface area contributed by atoms with Crippen LogP contribution in [0.5, 0.6) is 0 Å². The van der Waals surface area contributed by atoms with Crippen molar-refractivity contribution in [3.63, 3.8) is 0 Å². The summed E-state index contributed by atoms with van der Waals surface area (Å²) in [6.07, 6.45) is 1.72. The zero-order valence-electron chi connectivity index (χ0n) is 17.1. The largest absolute Gasteiger partial charge is 0.350 e. The van der Waals surface area contributed by atoms with Gasteiger partial charge in [0, 0.05) is 24.2 Å². The molecule has 2 amide bonds. The molecule has 3 aromatic rings. The normalized spacial score (nSPS) is 16.0. The molecule has 0 spiro atoms. The summed E-state index contributed by atoms with van der Waals surface area (Å²) >= 11 is 0. The van der Waals surface area contributed by atoms with E-state index in [0.717, 1.165) is 28.2 Å². The molecule has 30 heavy (non-hydrogen) atoms. The molecule has 0 aliphatic carbocycles. The van der Waals surface area contributed by atoms with Gasteiger partial charge in [0.05, 0.1) is 23.9 Å².